The fourth-order valence-electron chi connectivity index (χ4n) is 3.21. The van der Waals surface area contributed by atoms with E-state index in [-0.39, 0.29) is 17.9 Å². The maximum atomic E-state index is 13.1. The smallest absolute Gasteiger partial charge is 0.317 e. The molecule has 0 radical (unpaired) electrons. The van der Waals surface area contributed by atoms with E-state index in [4.69, 9.17) is 0 Å². The standard InChI is InChI=1S/C22H15F4N3O2/c23-16-8-6-14(7-9-16)13-29-20(30)19(27-21(29)31)12-18-5-2-10-28(18)17-4-1-3-15(11-17)22(24,25)26/h1-12H,13H2,(H,27,31)/b19-12-. The topological polar surface area (TPSA) is 54.3 Å². The highest BCUT2D eigenvalue weighted by Gasteiger charge is 2.34. The second-order valence-corrected chi connectivity index (χ2v) is 6.86. The van der Waals surface area contributed by atoms with Crippen molar-refractivity contribution in [2.24, 2.45) is 0 Å². The van der Waals surface area contributed by atoms with Gasteiger partial charge < -0.3 is 9.88 Å². The molecule has 5 nitrogen and oxygen atoms in total. The summed E-state index contributed by atoms with van der Waals surface area (Å²) in [4.78, 5) is 25.9. The largest absolute Gasteiger partial charge is 0.416 e. The second kappa shape index (κ2) is 7.75. The molecule has 0 saturated carbocycles. The van der Waals surface area contributed by atoms with Crippen LogP contribution in [0.15, 0.2) is 72.6 Å². The summed E-state index contributed by atoms with van der Waals surface area (Å²) in [6.07, 6.45) is -1.54. The number of hydrogen-bond acceptors (Lipinski definition) is 2. The lowest BCUT2D eigenvalue weighted by molar-refractivity contribution is -0.137. The minimum absolute atomic E-state index is 0.0148. The molecule has 1 saturated heterocycles. The third-order valence-corrected chi connectivity index (χ3v) is 4.74. The molecular formula is C22H15F4N3O2. The van der Waals surface area contributed by atoms with E-state index >= 15 is 0 Å². The average Bonchev–Trinajstić information content (AvgIpc) is 3.29. The van der Waals surface area contributed by atoms with Gasteiger partial charge >= 0.3 is 12.2 Å². The first-order valence-corrected chi connectivity index (χ1v) is 9.16. The molecule has 158 valence electrons. The molecule has 0 atom stereocenters. The van der Waals surface area contributed by atoms with Gasteiger partial charge in [0.2, 0.25) is 0 Å². The Morgan fingerprint density at radius 3 is 2.42 bits per heavy atom. The lowest BCUT2D eigenvalue weighted by atomic mass is 10.2. The summed E-state index contributed by atoms with van der Waals surface area (Å²) in [6, 6.07) is 12.7. The van der Waals surface area contributed by atoms with E-state index in [1.807, 2.05) is 0 Å². The number of rotatable bonds is 4. The van der Waals surface area contributed by atoms with Gasteiger partial charge in [0.25, 0.3) is 5.91 Å². The van der Waals surface area contributed by atoms with Gasteiger partial charge in [-0.1, -0.05) is 18.2 Å². The number of hydrogen-bond donors (Lipinski definition) is 1. The molecule has 0 spiro atoms. The first-order chi connectivity index (χ1) is 14.7. The summed E-state index contributed by atoms with van der Waals surface area (Å²) in [7, 11) is 0. The number of carbonyl (C=O) groups excluding carboxylic acids is 2. The van der Waals surface area contributed by atoms with E-state index in [0.29, 0.717) is 11.3 Å². The monoisotopic (exact) mass is 429 g/mol. The molecular weight excluding hydrogens is 414 g/mol. The predicted molar refractivity (Wildman–Crippen MR) is 104 cm³/mol. The van der Waals surface area contributed by atoms with E-state index in [1.165, 1.54) is 47.0 Å². The first-order valence-electron chi connectivity index (χ1n) is 9.16. The van der Waals surface area contributed by atoms with Gasteiger partial charge in [-0.05, 0) is 54.1 Å². The van der Waals surface area contributed by atoms with Gasteiger partial charge in [0.1, 0.15) is 11.5 Å². The molecule has 0 aliphatic carbocycles. The highest BCUT2D eigenvalue weighted by atomic mass is 19.4. The summed E-state index contributed by atoms with van der Waals surface area (Å²) < 4.78 is 53.6. The van der Waals surface area contributed by atoms with Crippen LogP contribution in [0.2, 0.25) is 0 Å². The number of nitrogens with zero attached hydrogens (tertiary/aromatic N) is 2. The Kier molecular flexibility index (Phi) is 5.10. The van der Waals surface area contributed by atoms with E-state index in [2.05, 4.69) is 5.32 Å². The normalized spacial score (nSPS) is 15.6. The lowest BCUT2D eigenvalue weighted by Gasteiger charge is -2.12. The number of carbonyl (C=O) groups is 2. The van der Waals surface area contributed by atoms with Crippen molar-refractivity contribution in [2.75, 3.05) is 0 Å². The number of urea groups is 1. The molecule has 31 heavy (non-hydrogen) atoms. The van der Waals surface area contributed by atoms with Crippen molar-refractivity contribution in [3.8, 4) is 5.69 Å². The summed E-state index contributed by atoms with van der Waals surface area (Å²) >= 11 is 0. The number of imide groups is 1. The number of amides is 3. The number of halogens is 4. The number of nitrogens with one attached hydrogen (secondary N) is 1. The number of aromatic nitrogens is 1. The van der Waals surface area contributed by atoms with Gasteiger partial charge in [0, 0.05) is 17.6 Å². The van der Waals surface area contributed by atoms with E-state index < -0.39 is 29.5 Å². The van der Waals surface area contributed by atoms with Gasteiger partial charge in [0.05, 0.1) is 12.1 Å². The van der Waals surface area contributed by atoms with Gasteiger partial charge in [-0.15, -0.1) is 0 Å². The molecule has 9 heteroatoms. The number of alkyl halides is 3. The van der Waals surface area contributed by atoms with Crippen molar-refractivity contribution in [1.82, 2.24) is 14.8 Å². The van der Waals surface area contributed by atoms with E-state index in [1.54, 1.807) is 18.3 Å². The predicted octanol–water partition coefficient (Wildman–Crippen LogP) is 4.73. The molecule has 1 fully saturated rings. The summed E-state index contributed by atoms with van der Waals surface area (Å²) in [5.41, 5.74) is 0.420. The zero-order chi connectivity index (χ0) is 22.2. The van der Waals surface area contributed by atoms with Crippen molar-refractivity contribution >= 4 is 18.0 Å². The van der Waals surface area contributed by atoms with Gasteiger partial charge in [-0.2, -0.15) is 13.2 Å². The SMILES string of the molecule is O=C1N/C(=C\c2cccn2-c2cccc(C(F)(F)F)c2)C(=O)N1Cc1ccc(F)cc1. The Balaban J connectivity index is 1.61. The molecule has 0 bridgehead atoms. The third-order valence-electron chi connectivity index (χ3n) is 4.74. The Morgan fingerprint density at radius 2 is 1.71 bits per heavy atom. The zero-order valence-electron chi connectivity index (χ0n) is 15.9. The quantitative estimate of drug-likeness (QED) is 0.371. The highest BCUT2D eigenvalue weighted by Crippen LogP contribution is 2.31. The molecule has 0 unspecified atom stereocenters. The van der Waals surface area contributed by atoms with Crippen molar-refractivity contribution in [2.45, 2.75) is 12.7 Å². The van der Waals surface area contributed by atoms with Crippen molar-refractivity contribution in [1.29, 1.82) is 0 Å². The summed E-state index contributed by atoms with van der Waals surface area (Å²) in [5, 5.41) is 2.47. The van der Waals surface area contributed by atoms with Crippen LogP contribution in [0.3, 0.4) is 0 Å². The van der Waals surface area contributed by atoms with Crippen LogP contribution in [0.25, 0.3) is 11.8 Å². The molecule has 2 aromatic carbocycles. The van der Waals surface area contributed by atoms with Crippen molar-refractivity contribution in [3.05, 3.63) is 95.2 Å². The zero-order valence-corrected chi connectivity index (χ0v) is 15.9. The Morgan fingerprint density at radius 1 is 0.968 bits per heavy atom. The molecule has 4 rings (SSSR count). The van der Waals surface area contributed by atoms with Crippen LogP contribution in [0, 0.1) is 5.82 Å². The van der Waals surface area contributed by atoms with Gasteiger partial charge in [0.15, 0.2) is 0 Å². The van der Waals surface area contributed by atoms with Crippen LogP contribution in [-0.2, 0) is 17.5 Å². The molecule has 1 aliphatic heterocycles. The Labute approximate surface area is 174 Å². The third kappa shape index (κ3) is 4.20. The van der Waals surface area contributed by atoms with E-state index in [9.17, 15) is 27.2 Å². The maximum Gasteiger partial charge on any atom is 0.416 e. The van der Waals surface area contributed by atoms with Crippen LogP contribution in [0.5, 0.6) is 0 Å². The van der Waals surface area contributed by atoms with Crippen LogP contribution >= 0.6 is 0 Å². The van der Waals surface area contributed by atoms with Crippen molar-refractivity contribution < 1.29 is 27.2 Å². The van der Waals surface area contributed by atoms with Crippen LogP contribution in [0.1, 0.15) is 16.8 Å². The first kappa shape index (κ1) is 20.4. The van der Waals surface area contributed by atoms with Crippen LogP contribution < -0.4 is 5.32 Å². The Hall–Kier alpha value is -3.88. The average molecular weight is 429 g/mol. The van der Waals surface area contributed by atoms with Gasteiger partial charge in [-0.3, -0.25) is 9.69 Å². The fourth-order valence-corrected chi connectivity index (χ4v) is 3.21. The maximum absolute atomic E-state index is 13.1. The highest BCUT2D eigenvalue weighted by molar-refractivity contribution is 6.13. The summed E-state index contributed by atoms with van der Waals surface area (Å²) in [6.45, 7) is -0.0447. The Bertz CT molecular complexity index is 1180. The van der Waals surface area contributed by atoms with Crippen LogP contribution in [-0.4, -0.2) is 21.4 Å². The summed E-state index contributed by atoms with van der Waals surface area (Å²) in [5.74, 6) is -1.02. The lowest BCUT2D eigenvalue weighted by Crippen LogP contribution is -2.30. The molecule has 2 heterocycles. The molecule has 1 aliphatic rings. The second-order valence-electron chi connectivity index (χ2n) is 6.86. The van der Waals surface area contributed by atoms with E-state index in [0.717, 1.165) is 17.0 Å². The minimum atomic E-state index is -4.49. The van der Waals surface area contributed by atoms with Gasteiger partial charge in [-0.25, -0.2) is 9.18 Å². The fraction of sp³-hybridized carbons (Fsp3) is 0.0909. The molecule has 3 amide bonds. The van der Waals surface area contributed by atoms with Crippen molar-refractivity contribution in [3.63, 3.8) is 0 Å². The number of benzene rings is 2. The molecule has 1 aromatic heterocycles. The minimum Gasteiger partial charge on any atom is -0.317 e. The van der Waals surface area contributed by atoms with Crippen LogP contribution in [0.4, 0.5) is 22.4 Å². The molecule has 1 N–H and O–H groups in total. The molecule has 3 aromatic rings.